The molecule has 0 saturated carbocycles. The molecule has 0 fully saturated rings. The minimum atomic E-state index is -0.725. The van der Waals surface area contributed by atoms with Gasteiger partial charge >= 0.3 is 5.97 Å². The van der Waals surface area contributed by atoms with E-state index in [0.717, 1.165) is 12.1 Å². The zero-order valence-corrected chi connectivity index (χ0v) is 8.29. The highest BCUT2D eigenvalue weighted by molar-refractivity contribution is 5.66. The Balaban J connectivity index is 2.40. The summed E-state index contributed by atoms with van der Waals surface area (Å²) in [5, 5.41) is 11.5. The smallest absolute Gasteiger partial charge is 0.303 e. The molecule has 0 spiro atoms. The van der Waals surface area contributed by atoms with Crippen LogP contribution in [0.2, 0.25) is 0 Å². The molecular weight excluding hydrogens is 178 g/mol. The van der Waals surface area contributed by atoms with Crippen molar-refractivity contribution < 1.29 is 9.90 Å². The van der Waals surface area contributed by atoms with Crippen LogP contribution in [0.3, 0.4) is 0 Å². The van der Waals surface area contributed by atoms with Crippen molar-refractivity contribution in [3.8, 4) is 0 Å². The van der Waals surface area contributed by atoms with E-state index in [1.165, 1.54) is 5.56 Å². The monoisotopic (exact) mass is 193 g/mol. The van der Waals surface area contributed by atoms with Crippen LogP contribution in [0.5, 0.6) is 0 Å². The average molecular weight is 193 g/mol. The summed E-state index contributed by atoms with van der Waals surface area (Å²) in [4.78, 5) is 10.3. The second-order valence-electron chi connectivity index (χ2n) is 3.19. The number of carboxylic acids is 1. The predicted molar refractivity (Wildman–Crippen MR) is 56.6 cm³/mol. The zero-order valence-electron chi connectivity index (χ0n) is 8.29. The molecule has 1 rings (SSSR count). The van der Waals surface area contributed by atoms with Gasteiger partial charge in [-0.05, 0) is 30.5 Å². The van der Waals surface area contributed by atoms with E-state index in [9.17, 15) is 4.79 Å². The van der Waals surface area contributed by atoms with Crippen LogP contribution in [-0.2, 0) is 11.2 Å². The first-order valence-electron chi connectivity index (χ1n) is 4.71. The van der Waals surface area contributed by atoms with Crippen LogP contribution in [-0.4, -0.2) is 18.1 Å². The van der Waals surface area contributed by atoms with E-state index in [2.05, 4.69) is 5.32 Å². The van der Waals surface area contributed by atoms with Crippen LogP contribution in [0, 0.1) is 0 Å². The molecule has 0 saturated heterocycles. The number of hydrogen-bond acceptors (Lipinski definition) is 2. The van der Waals surface area contributed by atoms with Gasteiger partial charge < -0.3 is 10.4 Å². The second kappa shape index (κ2) is 5.27. The predicted octanol–water partition coefficient (Wildman–Crippen LogP) is 2.14. The third-order valence-electron chi connectivity index (χ3n) is 2.10. The molecule has 0 unspecified atom stereocenters. The molecule has 2 N–H and O–H groups in total. The number of anilines is 1. The van der Waals surface area contributed by atoms with Crippen LogP contribution >= 0.6 is 0 Å². The number of hydrogen-bond donors (Lipinski definition) is 2. The van der Waals surface area contributed by atoms with Crippen LogP contribution in [0.15, 0.2) is 24.3 Å². The lowest BCUT2D eigenvalue weighted by atomic mass is 10.1. The largest absolute Gasteiger partial charge is 0.481 e. The maximum atomic E-state index is 10.3. The molecule has 0 heterocycles. The van der Waals surface area contributed by atoms with Crippen molar-refractivity contribution in [1.82, 2.24) is 0 Å². The summed E-state index contributed by atoms with van der Waals surface area (Å²) in [5.41, 5.74) is 2.26. The molecule has 76 valence electrons. The van der Waals surface area contributed by atoms with Crippen LogP contribution in [0.25, 0.3) is 0 Å². The second-order valence-corrected chi connectivity index (χ2v) is 3.19. The van der Waals surface area contributed by atoms with Crippen molar-refractivity contribution >= 4 is 11.7 Å². The van der Waals surface area contributed by atoms with Crippen molar-refractivity contribution in [2.45, 2.75) is 19.3 Å². The van der Waals surface area contributed by atoms with E-state index in [1.807, 2.05) is 31.3 Å². The van der Waals surface area contributed by atoms with Gasteiger partial charge in [-0.2, -0.15) is 0 Å². The first-order chi connectivity index (χ1) is 6.72. The van der Waals surface area contributed by atoms with E-state index < -0.39 is 5.97 Å². The SMILES string of the molecule is CNc1ccc(CCCC(=O)O)cc1. The third kappa shape index (κ3) is 3.47. The minimum Gasteiger partial charge on any atom is -0.481 e. The highest BCUT2D eigenvalue weighted by atomic mass is 16.4. The Morgan fingerprint density at radius 3 is 2.50 bits per heavy atom. The van der Waals surface area contributed by atoms with Crippen molar-refractivity contribution in [3.63, 3.8) is 0 Å². The van der Waals surface area contributed by atoms with Gasteiger partial charge in [0.25, 0.3) is 0 Å². The normalized spacial score (nSPS) is 9.79. The Bertz CT molecular complexity index is 293. The molecule has 0 aliphatic heterocycles. The number of aryl methyl sites for hydroxylation is 1. The molecule has 0 aromatic heterocycles. The number of carbonyl (C=O) groups is 1. The quantitative estimate of drug-likeness (QED) is 0.753. The van der Waals surface area contributed by atoms with Gasteiger partial charge in [0.05, 0.1) is 0 Å². The Morgan fingerprint density at radius 2 is 2.00 bits per heavy atom. The minimum absolute atomic E-state index is 0.244. The standard InChI is InChI=1S/C11H15NO2/c1-12-10-7-5-9(6-8-10)3-2-4-11(13)14/h5-8,12H,2-4H2,1H3,(H,13,14). The molecule has 1 aromatic rings. The molecule has 0 radical (unpaired) electrons. The van der Waals surface area contributed by atoms with Crippen molar-refractivity contribution in [1.29, 1.82) is 0 Å². The molecular formula is C11H15NO2. The van der Waals surface area contributed by atoms with Crippen molar-refractivity contribution in [3.05, 3.63) is 29.8 Å². The third-order valence-corrected chi connectivity index (χ3v) is 2.10. The topological polar surface area (TPSA) is 49.3 Å². The van der Waals surface area contributed by atoms with Gasteiger partial charge in [-0.25, -0.2) is 0 Å². The summed E-state index contributed by atoms with van der Waals surface area (Å²) in [6.45, 7) is 0. The number of carboxylic acid groups (broad SMARTS) is 1. The van der Waals surface area contributed by atoms with Gasteiger partial charge in [-0.1, -0.05) is 12.1 Å². The molecule has 3 nitrogen and oxygen atoms in total. The lowest BCUT2D eigenvalue weighted by Crippen LogP contribution is -1.96. The molecule has 0 bridgehead atoms. The van der Waals surface area contributed by atoms with E-state index in [0.29, 0.717) is 6.42 Å². The summed E-state index contributed by atoms with van der Waals surface area (Å²) in [6.07, 6.45) is 1.78. The molecule has 1 aromatic carbocycles. The van der Waals surface area contributed by atoms with E-state index in [1.54, 1.807) is 0 Å². The summed E-state index contributed by atoms with van der Waals surface area (Å²) in [7, 11) is 1.87. The molecule has 0 atom stereocenters. The lowest BCUT2D eigenvalue weighted by molar-refractivity contribution is -0.137. The van der Waals surface area contributed by atoms with Gasteiger partial charge in [-0.15, -0.1) is 0 Å². The Hall–Kier alpha value is -1.51. The summed E-state index contributed by atoms with van der Waals surface area (Å²) in [6, 6.07) is 8.04. The molecule has 0 aliphatic carbocycles. The van der Waals surface area contributed by atoms with Crippen LogP contribution in [0.1, 0.15) is 18.4 Å². The summed E-state index contributed by atoms with van der Waals surface area (Å²) in [5.74, 6) is -0.725. The number of benzene rings is 1. The van der Waals surface area contributed by atoms with Gasteiger partial charge in [0.1, 0.15) is 0 Å². The van der Waals surface area contributed by atoms with E-state index in [-0.39, 0.29) is 6.42 Å². The van der Waals surface area contributed by atoms with Gasteiger partial charge in [0, 0.05) is 19.2 Å². The van der Waals surface area contributed by atoms with Crippen molar-refractivity contribution in [2.24, 2.45) is 0 Å². The molecule has 0 aliphatic rings. The Morgan fingerprint density at radius 1 is 1.36 bits per heavy atom. The first-order valence-corrected chi connectivity index (χ1v) is 4.71. The maximum absolute atomic E-state index is 10.3. The van der Waals surface area contributed by atoms with Crippen LogP contribution < -0.4 is 5.32 Å². The summed E-state index contributed by atoms with van der Waals surface area (Å²) >= 11 is 0. The number of aliphatic carboxylic acids is 1. The molecule has 3 heteroatoms. The fraction of sp³-hybridized carbons (Fsp3) is 0.364. The van der Waals surface area contributed by atoms with Gasteiger partial charge in [0.2, 0.25) is 0 Å². The lowest BCUT2D eigenvalue weighted by Gasteiger charge is -2.02. The van der Waals surface area contributed by atoms with E-state index >= 15 is 0 Å². The number of nitrogens with one attached hydrogen (secondary N) is 1. The van der Waals surface area contributed by atoms with Gasteiger partial charge in [0.15, 0.2) is 0 Å². The fourth-order valence-corrected chi connectivity index (χ4v) is 1.28. The van der Waals surface area contributed by atoms with Crippen LogP contribution in [0.4, 0.5) is 5.69 Å². The summed E-state index contributed by atoms with van der Waals surface area (Å²) < 4.78 is 0. The number of rotatable bonds is 5. The molecule has 0 amide bonds. The highest BCUT2D eigenvalue weighted by Gasteiger charge is 1.98. The van der Waals surface area contributed by atoms with E-state index in [4.69, 9.17) is 5.11 Å². The van der Waals surface area contributed by atoms with Crippen molar-refractivity contribution in [2.75, 3.05) is 12.4 Å². The highest BCUT2D eigenvalue weighted by Crippen LogP contribution is 2.10. The molecule has 14 heavy (non-hydrogen) atoms. The fourth-order valence-electron chi connectivity index (χ4n) is 1.28. The first kappa shape index (κ1) is 10.6. The Kier molecular flexibility index (Phi) is 3.98. The maximum Gasteiger partial charge on any atom is 0.303 e. The van der Waals surface area contributed by atoms with Gasteiger partial charge in [-0.3, -0.25) is 4.79 Å². The zero-order chi connectivity index (χ0) is 10.4. The average Bonchev–Trinajstić information content (AvgIpc) is 2.18. The Labute approximate surface area is 83.8 Å².